The maximum atomic E-state index is 16.0. The third-order valence-corrected chi connectivity index (χ3v) is 18.5. The molecule has 3 aromatic carbocycles. The van der Waals surface area contributed by atoms with Crippen molar-refractivity contribution in [3.8, 4) is 0 Å². The molecule has 0 aliphatic carbocycles. The first-order valence-electron chi connectivity index (χ1n) is 15.1. The zero-order valence-corrected chi connectivity index (χ0v) is 28.8. The van der Waals surface area contributed by atoms with E-state index in [0.717, 1.165) is 15.9 Å². The van der Waals surface area contributed by atoms with E-state index in [9.17, 15) is 0 Å². The topological polar surface area (TPSA) is 36.9 Å². The highest BCUT2D eigenvalue weighted by molar-refractivity contribution is 6.99. The molecule has 1 saturated heterocycles. The van der Waals surface area contributed by atoms with Crippen molar-refractivity contribution in [1.82, 2.24) is 0 Å². The smallest absolute Gasteiger partial charge is 0.261 e. The number of rotatable bonds is 9. The molecule has 1 aliphatic heterocycles. The van der Waals surface area contributed by atoms with Crippen LogP contribution in [-0.2, 0) is 24.9 Å². The summed E-state index contributed by atoms with van der Waals surface area (Å²) in [5.41, 5.74) is 0.971. The Balaban J connectivity index is 1.85. The van der Waals surface area contributed by atoms with Crippen molar-refractivity contribution in [1.29, 1.82) is 0 Å². The Morgan fingerprint density at radius 1 is 0.667 bits per heavy atom. The van der Waals surface area contributed by atoms with Crippen LogP contribution >= 0.6 is 0 Å². The molecule has 0 amide bonds. The van der Waals surface area contributed by atoms with Crippen LogP contribution < -0.4 is 10.4 Å². The highest BCUT2D eigenvalue weighted by Crippen LogP contribution is 2.43. The molecule has 0 saturated carbocycles. The van der Waals surface area contributed by atoms with Crippen molar-refractivity contribution < 1.29 is 22.7 Å². The molecule has 7 heteroatoms. The molecular formula is C35H49FO4Si2. The van der Waals surface area contributed by atoms with Gasteiger partial charge in [0.1, 0.15) is 12.2 Å². The molecule has 0 spiro atoms. The second kappa shape index (κ2) is 12.8. The van der Waals surface area contributed by atoms with Gasteiger partial charge >= 0.3 is 0 Å². The zero-order chi connectivity index (χ0) is 30.8. The second-order valence-electron chi connectivity index (χ2n) is 14.0. The summed E-state index contributed by atoms with van der Waals surface area (Å²) in [7, 11) is -5.39. The fourth-order valence-electron chi connectivity index (χ4n) is 5.61. The molecule has 3 aromatic rings. The standard InChI is InChI=1S/C35H49FO4Si2/c1-26-30(40-42(35(5,6)7,28-21-15-11-16-22-28)29-23-17-12-18-24-29)31(39-41(8,9)34(2,3)4)32(33(36)38-26)37-25-27-19-13-10-14-20-27/h10-24,26,30-33H,25H2,1-9H3/t26-,30-,31+,32+,33+/m0/s1. The van der Waals surface area contributed by atoms with Crippen LogP contribution in [0.5, 0.6) is 0 Å². The molecule has 4 nitrogen and oxygen atoms in total. The molecule has 228 valence electrons. The predicted octanol–water partition coefficient (Wildman–Crippen LogP) is 7.62. The highest BCUT2D eigenvalue weighted by atomic mass is 28.4. The van der Waals surface area contributed by atoms with Gasteiger partial charge in [0.2, 0.25) is 6.36 Å². The molecule has 0 aromatic heterocycles. The molecule has 1 heterocycles. The second-order valence-corrected chi connectivity index (χ2v) is 23.1. The van der Waals surface area contributed by atoms with Gasteiger partial charge in [-0.2, -0.15) is 0 Å². The van der Waals surface area contributed by atoms with Gasteiger partial charge in [0.25, 0.3) is 8.32 Å². The zero-order valence-electron chi connectivity index (χ0n) is 26.8. The minimum absolute atomic E-state index is 0.0910. The van der Waals surface area contributed by atoms with Crippen molar-refractivity contribution in [2.45, 2.75) is 109 Å². The lowest BCUT2D eigenvalue weighted by Crippen LogP contribution is -2.72. The largest absolute Gasteiger partial charge is 0.408 e. The summed E-state index contributed by atoms with van der Waals surface area (Å²) < 4.78 is 43.0. The highest BCUT2D eigenvalue weighted by Gasteiger charge is 2.57. The summed E-state index contributed by atoms with van der Waals surface area (Å²) in [5, 5.41) is 1.97. The Labute approximate surface area is 254 Å². The normalized spacial score (nSPS) is 24.0. The van der Waals surface area contributed by atoms with Crippen molar-refractivity contribution in [2.24, 2.45) is 0 Å². The molecular weight excluding hydrogens is 560 g/mol. The van der Waals surface area contributed by atoms with E-state index in [4.69, 9.17) is 18.3 Å². The Morgan fingerprint density at radius 3 is 1.60 bits per heavy atom. The van der Waals surface area contributed by atoms with E-state index in [1.165, 1.54) is 0 Å². The number of hydrogen-bond acceptors (Lipinski definition) is 4. The van der Waals surface area contributed by atoms with E-state index >= 15 is 4.39 Å². The lowest BCUT2D eigenvalue weighted by Gasteiger charge is -2.52. The molecule has 0 radical (unpaired) electrons. The van der Waals surface area contributed by atoms with Gasteiger partial charge in [-0.1, -0.05) is 133 Å². The van der Waals surface area contributed by atoms with Crippen molar-refractivity contribution >= 4 is 27.0 Å². The average Bonchev–Trinajstić information content (AvgIpc) is 2.93. The van der Waals surface area contributed by atoms with E-state index in [1.54, 1.807) is 0 Å². The summed E-state index contributed by atoms with van der Waals surface area (Å²) in [6.45, 7) is 19.9. The molecule has 1 aliphatic rings. The van der Waals surface area contributed by atoms with Crippen molar-refractivity contribution in [2.75, 3.05) is 0 Å². The van der Waals surface area contributed by atoms with Gasteiger partial charge in [0.15, 0.2) is 8.32 Å². The number of hydrogen-bond donors (Lipinski definition) is 0. The van der Waals surface area contributed by atoms with E-state index in [2.05, 4.69) is 103 Å². The fourth-order valence-corrected chi connectivity index (χ4v) is 11.7. The molecule has 0 N–H and O–H groups in total. The summed E-state index contributed by atoms with van der Waals surface area (Å²) in [4.78, 5) is 0. The van der Waals surface area contributed by atoms with Gasteiger partial charge in [-0.3, -0.25) is 0 Å². The van der Waals surface area contributed by atoms with Crippen LogP contribution in [0.4, 0.5) is 4.39 Å². The van der Waals surface area contributed by atoms with Crippen LogP contribution in [-0.4, -0.2) is 47.4 Å². The van der Waals surface area contributed by atoms with Gasteiger partial charge in [-0.15, -0.1) is 0 Å². The maximum absolute atomic E-state index is 16.0. The predicted molar refractivity (Wildman–Crippen MR) is 175 cm³/mol. The lowest BCUT2D eigenvalue weighted by atomic mass is 10.0. The number of ether oxygens (including phenoxy) is 2. The van der Waals surface area contributed by atoms with Gasteiger partial charge in [0, 0.05) is 0 Å². The van der Waals surface area contributed by atoms with Crippen LogP contribution in [0.3, 0.4) is 0 Å². The average molecular weight is 609 g/mol. The number of benzene rings is 3. The van der Waals surface area contributed by atoms with Gasteiger partial charge in [-0.05, 0) is 46.0 Å². The van der Waals surface area contributed by atoms with Crippen LogP contribution in [0.2, 0.25) is 23.2 Å². The first-order valence-corrected chi connectivity index (χ1v) is 19.9. The number of halogens is 1. The van der Waals surface area contributed by atoms with E-state index in [0.29, 0.717) is 0 Å². The third kappa shape index (κ3) is 6.82. The Morgan fingerprint density at radius 2 is 1.14 bits per heavy atom. The summed E-state index contributed by atoms with van der Waals surface area (Å²) >= 11 is 0. The Bertz CT molecular complexity index is 1220. The summed E-state index contributed by atoms with van der Waals surface area (Å²) in [5.74, 6) is 0. The molecule has 1 fully saturated rings. The Hall–Kier alpha value is -2.14. The monoisotopic (exact) mass is 608 g/mol. The first kappa shape index (κ1) is 32.8. The Kier molecular flexibility index (Phi) is 10.0. The van der Waals surface area contributed by atoms with Crippen LogP contribution in [0.25, 0.3) is 0 Å². The SMILES string of the molecule is C[C@@H]1O[C@@H](F)[C@H](OCc2ccccc2)[C@H](O[Si](C)(C)C(C)(C)C)[C@H]1O[Si](c1ccccc1)(c1ccccc1)C(C)(C)C. The first-order chi connectivity index (χ1) is 19.7. The fraction of sp³-hybridized carbons (Fsp3) is 0.486. The van der Waals surface area contributed by atoms with Crippen molar-refractivity contribution in [3.63, 3.8) is 0 Å². The van der Waals surface area contributed by atoms with E-state index in [-0.39, 0.29) is 16.7 Å². The quantitative estimate of drug-likeness (QED) is 0.234. The molecule has 0 bridgehead atoms. The van der Waals surface area contributed by atoms with Gasteiger partial charge in [-0.25, -0.2) is 4.39 Å². The van der Waals surface area contributed by atoms with Gasteiger partial charge < -0.3 is 18.3 Å². The number of alkyl halides is 1. The minimum Gasteiger partial charge on any atom is -0.408 e. The van der Waals surface area contributed by atoms with Crippen LogP contribution in [0.1, 0.15) is 54.0 Å². The summed E-state index contributed by atoms with van der Waals surface area (Å²) in [6, 6.07) is 30.9. The van der Waals surface area contributed by atoms with E-state index in [1.807, 2.05) is 49.4 Å². The van der Waals surface area contributed by atoms with Gasteiger partial charge in [0.05, 0.1) is 18.8 Å². The minimum atomic E-state index is -3.00. The maximum Gasteiger partial charge on any atom is 0.261 e. The molecule has 0 unspecified atom stereocenters. The molecule has 4 rings (SSSR count). The van der Waals surface area contributed by atoms with E-state index < -0.39 is 47.4 Å². The molecule has 42 heavy (non-hydrogen) atoms. The summed E-state index contributed by atoms with van der Waals surface area (Å²) in [6.07, 6.45) is -4.35. The lowest BCUT2D eigenvalue weighted by molar-refractivity contribution is -0.260. The third-order valence-electron chi connectivity index (χ3n) is 8.97. The van der Waals surface area contributed by atoms with Crippen LogP contribution in [0, 0.1) is 0 Å². The molecule has 5 atom stereocenters. The van der Waals surface area contributed by atoms with Crippen LogP contribution in [0.15, 0.2) is 91.0 Å². The van der Waals surface area contributed by atoms with Crippen molar-refractivity contribution in [3.05, 3.63) is 96.6 Å².